The van der Waals surface area contributed by atoms with E-state index in [2.05, 4.69) is 60.1 Å². The first-order valence-electron chi connectivity index (χ1n) is 2.69. The molecule has 6 heteroatoms. The standard InChI is InChI=1S/C5HI2N3S/c6-3-2-4(11-1-8-2)10-5(7)9-3/h1H. The first-order chi connectivity index (χ1) is 5.27. The number of nitrogens with zero attached hydrogens (tertiary/aromatic N) is 3. The zero-order chi connectivity index (χ0) is 7.84. The summed E-state index contributed by atoms with van der Waals surface area (Å²) in [5, 5.41) is 0. The highest BCUT2D eigenvalue weighted by Crippen LogP contribution is 2.19. The van der Waals surface area contributed by atoms with E-state index in [1.807, 2.05) is 0 Å². The number of aromatic nitrogens is 3. The van der Waals surface area contributed by atoms with Crippen molar-refractivity contribution in [1.82, 2.24) is 15.0 Å². The van der Waals surface area contributed by atoms with Gasteiger partial charge in [0, 0.05) is 22.6 Å². The second-order valence-electron chi connectivity index (χ2n) is 1.79. The van der Waals surface area contributed by atoms with Crippen molar-refractivity contribution in [3.8, 4) is 0 Å². The van der Waals surface area contributed by atoms with Gasteiger partial charge in [-0.05, 0) is 22.6 Å². The highest BCUT2D eigenvalue weighted by molar-refractivity contribution is 14.1. The van der Waals surface area contributed by atoms with Crippen molar-refractivity contribution in [3.63, 3.8) is 0 Å². The Morgan fingerprint density at radius 3 is 2.91 bits per heavy atom. The molecule has 0 aliphatic heterocycles. The zero-order valence-corrected chi connectivity index (χ0v) is 10.2. The topological polar surface area (TPSA) is 38.7 Å². The summed E-state index contributed by atoms with van der Waals surface area (Å²) in [5.74, 6) is 0. The molecule has 0 bridgehead atoms. The fraction of sp³-hybridized carbons (Fsp3) is 0. The van der Waals surface area contributed by atoms with Gasteiger partial charge in [0.25, 0.3) is 0 Å². The molecule has 11 heavy (non-hydrogen) atoms. The van der Waals surface area contributed by atoms with E-state index in [0.29, 0.717) is 0 Å². The number of hydrogen-bond acceptors (Lipinski definition) is 4. The van der Waals surface area contributed by atoms with Gasteiger partial charge in [-0.1, -0.05) is 0 Å². The Morgan fingerprint density at radius 1 is 1.27 bits per heavy atom. The monoisotopic (exact) mass is 389 g/mol. The van der Waals surface area contributed by atoms with Gasteiger partial charge in [-0.25, -0.2) is 15.0 Å². The molecule has 2 aromatic rings. The van der Waals surface area contributed by atoms with Gasteiger partial charge in [0.1, 0.15) is 14.0 Å². The van der Waals surface area contributed by atoms with E-state index < -0.39 is 0 Å². The van der Waals surface area contributed by atoms with Crippen LogP contribution in [0.15, 0.2) is 5.51 Å². The van der Waals surface area contributed by atoms with Crippen molar-refractivity contribution in [2.75, 3.05) is 0 Å². The molecular formula is C5HI2N3S. The Bertz CT molecular complexity index is 400. The number of thiazole rings is 1. The summed E-state index contributed by atoms with van der Waals surface area (Å²) in [6, 6.07) is 0. The molecule has 0 N–H and O–H groups in total. The third kappa shape index (κ3) is 1.47. The first-order valence-corrected chi connectivity index (χ1v) is 5.73. The van der Waals surface area contributed by atoms with Crippen molar-refractivity contribution < 1.29 is 0 Å². The summed E-state index contributed by atoms with van der Waals surface area (Å²) >= 11 is 5.82. The maximum Gasteiger partial charge on any atom is 0.193 e. The summed E-state index contributed by atoms with van der Waals surface area (Å²) in [6.45, 7) is 0. The highest BCUT2D eigenvalue weighted by Gasteiger charge is 2.04. The van der Waals surface area contributed by atoms with E-state index in [1.54, 1.807) is 16.8 Å². The average Bonchev–Trinajstić information content (AvgIpc) is 2.34. The van der Waals surface area contributed by atoms with Crippen LogP contribution in [0.4, 0.5) is 0 Å². The highest BCUT2D eigenvalue weighted by atomic mass is 127. The van der Waals surface area contributed by atoms with Crippen molar-refractivity contribution in [3.05, 3.63) is 13.0 Å². The lowest BCUT2D eigenvalue weighted by molar-refractivity contribution is 1.12. The molecule has 2 heterocycles. The lowest BCUT2D eigenvalue weighted by Gasteiger charge is -1.91. The van der Waals surface area contributed by atoms with E-state index in [4.69, 9.17) is 0 Å². The predicted molar refractivity (Wildman–Crippen MR) is 60.6 cm³/mol. The second kappa shape index (κ2) is 3.05. The van der Waals surface area contributed by atoms with Crippen LogP contribution in [0, 0.1) is 7.53 Å². The summed E-state index contributed by atoms with van der Waals surface area (Å²) in [4.78, 5) is 13.5. The number of rotatable bonds is 0. The molecule has 0 atom stereocenters. The molecule has 3 nitrogen and oxygen atoms in total. The molecule has 0 aromatic carbocycles. The van der Waals surface area contributed by atoms with E-state index in [0.717, 1.165) is 17.9 Å². The Morgan fingerprint density at radius 2 is 2.09 bits per heavy atom. The van der Waals surface area contributed by atoms with Crippen LogP contribution in [0.2, 0.25) is 0 Å². The lowest BCUT2D eigenvalue weighted by atomic mass is 10.6. The molecule has 0 aliphatic carbocycles. The Balaban J connectivity index is 2.91. The van der Waals surface area contributed by atoms with Crippen molar-refractivity contribution >= 4 is 66.9 Å². The smallest absolute Gasteiger partial charge is 0.193 e. The molecule has 0 saturated heterocycles. The molecule has 0 aliphatic rings. The summed E-state index contributed by atoms with van der Waals surface area (Å²) in [6.07, 6.45) is 0. The molecule has 0 spiro atoms. The fourth-order valence-corrected chi connectivity index (χ4v) is 3.28. The minimum Gasteiger partial charge on any atom is -0.240 e. The van der Waals surface area contributed by atoms with Gasteiger partial charge < -0.3 is 0 Å². The summed E-state index contributed by atoms with van der Waals surface area (Å²) in [5.41, 5.74) is 2.70. The summed E-state index contributed by atoms with van der Waals surface area (Å²) in [7, 11) is 0. The Kier molecular flexibility index (Phi) is 2.23. The fourth-order valence-electron chi connectivity index (χ4n) is 0.704. The van der Waals surface area contributed by atoms with Crippen molar-refractivity contribution in [1.29, 1.82) is 0 Å². The number of halogens is 2. The van der Waals surface area contributed by atoms with E-state index in [1.165, 1.54) is 0 Å². The molecule has 0 radical (unpaired) electrons. The van der Waals surface area contributed by atoms with Gasteiger partial charge in [-0.15, -0.1) is 11.3 Å². The third-order valence-corrected chi connectivity index (χ3v) is 3.08. The maximum atomic E-state index is 4.22. The van der Waals surface area contributed by atoms with Crippen LogP contribution in [0.3, 0.4) is 0 Å². The zero-order valence-electron chi connectivity index (χ0n) is 5.08. The van der Waals surface area contributed by atoms with Gasteiger partial charge >= 0.3 is 0 Å². The maximum absolute atomic E-state index is 4.22. The predicted octanol–water partition coefficient (Wildman–Crippen LogP) is 2.30. The molecule has 2 aromatic heterocycles. The molecule has 0 unspecified atom stereocenters. The van der Waals surface area contributed by atoms with Crippen LogP contribution in [-0.4, -0.2) is 15.0 Å². The van der Waals surface area contributed by atoms with Gasteiger partial charge in [-0.3, -0.25) is 0 Å². The SMILES string of the molecule is Ic1nc(I)c2ncsc2n1. The quantitative estimate of drug-likeness (QED) is 0.395. The van der Waals surface area contributed by atoms with Crippen LogP contribution >= 0.6 is 56.5 Å². The molecule has 56 valence electrons. The van der Waals surface area contributed by atoms with E-state index in [9.17, 15) is 0 Å². The molecule has 0 amide bonds. The lowest BCUT2D eigenvalue weighted by Crippen LogP contribution is -1.90. The molecule has 0 saturated carbocycles. The number of fused-ring (bicyclic) bond motifs is 1. The van der Waals surface area contributed by atoms with Crippen LogP contribution < -0.4 is 0 Å². The van der Waals surface area contributed by atoms with Gasteiger partial charge in [0.05, 0.1) is 5.51 Å². The molecular weight excluding hydrogens is 388 g/mol. The van der Waals surface area contributed by atoms with Gasteiger partial charge in [0.15, 0.2) is 3.83 Å². The molecule has 2 rings (SSSR count). The van der Waals surface area contributed by atoms with Crippen LogP contribution in [0.1, 0.15) is 0 Å². The Labute approximate surface area is 93.9 Å². The van der Waals surface area contributed by atoms with Gasteiger partial charge in [-0.2, -0.15) is 0 Å². The third-order valence-electron chi connectivity index (χ3n) is 1.13. The minimum absolute atomic E-state index is 0.781. The van der Waals surface area contributed by atoms with E-state index >= 15 is 0 Å². The minimum atomic E-state index is 0.781. The molecule has 0 fully saturated rings. The number of hydrogen-bond donors (Lipinski definition) is 0. The van der Waals surface area contributed by atoms with Gasteiger partial charge in [0.2, 0.25) is 0 Å². The second-order valence-corrected chi connectivity index (χ2v) is 4.61. The average molecular weight is 389 g/mol. The first kappa shape index (κ1) is 8.05. The van der Waals surface area contributed by atoms with Crippen molar-refractivity contribution in [2.45, 2.75) is 0 Å². The van der Waals surface area contributed by atoms with E-state index in [-0.39, 0.29) is 0 Å². The summed E-state index contributed by atoms with van der Waals surface area (Å²) < 4.78 is 1.71. The van der Waals surface area contributed by atoms with Crippen LogP contribution in [0.5, 0.6) is 0 Å². The normalized spacial score (nSPS) is 10.7. The van der Waals surface area contributed by atoms with Crippen LogP contribution in [-0.2, 0) is 0 Å². The largest absolute Gasteiger partial charge is 0.240 e. The van der Waals surface area contributed by atoms with Crippen molar-refractivity contribution in [2.24, 2.45) is 0 Å². The Hall–Kier alpha value is 0.430. The van der Waals surface area contributed by atoms with Crippen LogP contribution in [0.25, 0.3) is 10.3 Å².